The summed E-state index contributed by atoms with van der Waals surface area (Å²) in [5, 5.41) is 2.83. The van der Waals surface area contributed by atoms with E-state index >= 15 is 0 Å². The summed E-state index contributed by atoms with van der Waals surface area (Å²) in [6.07, 6.45) is 0. The molecular weight excluding hydrogens is 180 g/mol. The molecule has 82 valence electrons. The number of likely N-dealkylation sites (N-methyl/N-ethyl adjacent to an activating group) is 1. The largest absolute Gasteiger partial charge is 0.353 e. The Balaban J connectivity index is 2.44. The van der Waals surface area contributed by atoms with Crippen LogP contribution in [0.2, 0.25) is 0 Å². The van der Waals surface area contributed by atoms with Crippen LogP contribution in [0, 0.1) is 0 Å². The van der Waals surface area contributed by atoms with Gasteiger partial charge in [-0.15, -0.1) is 0 Å². The molecule has 0 saturated carbocycles. The van der Waals surface area contributed by atoms with E-state index in [1.54, 1.807) is 0 Å². The van der Waals surface area contributed by atoms with E-state index in [4.69, 9.17) is 5.73 Å². The van der Waals surface area contributed by atoms with Crippen LogP contribution in [0.15, 0.2) is 0 Å². The van der Waals surface area contributed by atoms with Crippen LogP contribution in [0.5, 0.6) is 0 Å². The van der Waals surface area contributed by atoms with Gasteiger partial charge in [0.15, 0.2) is 0 Å². The summed E-state index contributed by atoms with van der Waals surface area (Å²) in [6, 6.07) is -0.135. The molecule has 1 rings (SSSR count). The van der Waals surface area contributed by atoms with Gasteiger partial charge >= 0.3 is 0 Å². The lowest BCUT2D eigenvalue weighted by atomic mass is 10.2. The summed E-state index contributed by atoms with van der Waals surface area (Å²) in [4.78, 5) is 15.7. The number of hydrogen-bond donors (Lipinski definition) is 2. The molecule has 0 aliphatic carbocycles. The van der Waals surface area contributed by atoms with Gasteiger partial charge in [-0.2, -0.15) is 0 Å². The van der Waals surface area contributed by atoms with E-state index in [-0.39, 0.29) is 11.9 Å². The fraction of sp³-hybridized carbons (Fsp3) is 0.889. The van der Waals surface area contributed by atoms with Crippen molar-refractivity contribution in [2.24, 2.45) is 5.73 Å². The van der Waals surface area contributed by atoms with Crippen molar-refractivity contribution in [1.82, 2.24) is 15.1 Å². The molecule has 0 aromatic carbocycles. The Labute approximate surface area is 85.2 Å². The zero-order chi connectivity index (χ0) is 10.6. The molecule has 1 saturated heterocycles. The van der Waals surface area contributed by atoms with Crippen molar-refractivity contribution in [2.75, 3.05) is 46.8 Å². The summed E-state index contributed by atoms with van der Waals surface area (Å²) in [5.41, 5.74) is 5.57. The Morgan fingerprint density at radius 2 is 2.36 bits per heavy atom. The summed E-state index contributed by atoms with van der Waals surface area (Å²) < 4.78 is 0. The van der Waals surface area contributed by atoms with E-state index in [1.165, 1.54) is 0 Å². The minimum absolute atomic E-state index is 0.0671. The Morgan fingerprint density at radius 1 is 1.64 bits per heavy atom. The van der Waals surface area contributed by atoms with Gasteiger partial charge in [-0.25, -0.2) is 0 Å². The van der Waals surface area contributed by atoms with Gasteiger partial charge in [-0.3, -0.25) is 9.69 Å². The highest BCUT2D eigenvalue weighted by Gasteiger charge is 2.27. The number of carbonyl (C=O) groups is 1. The minimum atomic E-state index is -0.135. The molecule has 3 N–H and O–H groups in total. The van der Waals surface area contributed by atoms with E-state index in [2.05, 4.69) is 15.1 Å². The van der Waals surface area contributed by atoms with E-state index in [0.717, 1.165) is 26.2 Å². The lowest BCUT2D eigenvalue weighted by molar-refractivity contribution is -0.128. The van der Waals surface area contributed by atoms with Crippen molar-refractivity contribution < 1.29 is 4.79 Å². The first-order chi connectivity index (χ1) is 6.65. The van der Waals surface area contributed by atoms with Crippen molar-refractivity contribution in [3.8, 4) is 0 Å². The third-order valence-corrected chi connectivity index (χ3v) is 2.50. The van der Waals surface area contributed by atoms with Crippen molar-refractivity contribution in [2.45, 2.75) is 6.04 Å². The molecule has 1 aliphatic rings. The molecule has 1 heterocycles. The van der Waals surface area contributed by atoms with Crippen LogP contribution in [-0.4, -0.2) is 68.6 Å². The van der Waals surface area contributed by atoms with E-state index in [9.17, 15) is 4.79 Å². The van der Waals surface area contributed by atoms with Crippen molar-refractivity contribution >= 4 is 5.91 Å². The second-order valence-corrected chi connectivity index (χ2v) is 3.88. The molecule has 0 radical (unpaired) electrons. The number of piperazine rings is 1. The maximum atomic E-state index is 11.4. The molecule has 1 fully saturated rings. The molecule has 1 atom stereocenters. The first-order valence-corrected chi connectivity index (χ1v) is 5.01. The molecular formula is C9H20N4O. The standard InChI is InChI=1S/C9H20N4O/c1-12(2)5-6-13-4-3-11-9(14)8(13)7-10/h8H,3-7,10H2,1-2H3,(H,11,14). The Kier molecular flexibility index (Phi) is 4.31. The Bertz CT molecular complexity index is 195. The highest BCUT2D eigenvalue weighted by molar-refractivity contribution is 5.82. The smallest absolute Gasteiger partial charge is 0.238 e. The molecule has 1 unspecified atom stereocenters. The number of amides is 1. The average Bonchev–Trinajstić information content (AvgIpc) is 2.14. The summed E-state index contributed by atoms with van der Waals surface area (Å²) in [5.74, 6) is 0.0671. The zero-order valence-corrected chi connectivity index (χ0v) is 8.99. The predicted molar refractivity (Wildman–Crippen MR) is 56.0 cm³/mol. The molecule has 5 heteroatoms. The Morgan fingerprint density at radius 3 is 2.93 bits per heavy atom. The van der Waals surface area contributed by atoms with Crippen LogP contribution in [0.1, 0.15) is 0 Å². The van der Waals surface area contributed by atoms with E-state index in [0.29, 0.717) is 6.54 Å². The van der Waals surface area contributed by atoms with Crippen LogP contribution in [0.25, 0.3) is 0 Å². The number of hydrogen-bond acceptors (Lipinski definition) is 4. The minimum Gasteiger partial charge on any atom is -0.353 e. The second-order valence-electron chi connectivity index (χ2n) is 3.88. The first-order valence-electron chi connectivity index (χ1n) is 5.01. The average molecular weight is 200 g/mol. The maximum Gasteiger partial charge on any atom is 0.238 e. The van der Waals surface area contributed by atoms with E-state index in [1.807, 2.05) is 14.1 Å². The number of carbonyl (C=O) groups excluding carboxylic acids is 1. The lowest BCUT2D eigenvalue weighted by Gasteiger charge is -2.34. The summed E-state index contributed by atoms with van der Waals surface area (Å²) >= 11 is 0. The van der Waals surface area contributed by atoms with E-state index < -0.39 is 0 Å². The van der Waals surface area contributed by atoms with Crippen molar-refractivity contribution in [1.29, 1.82) is 0 Å². The van der Waals surface area contributed by atoms with Crippen LogP contribution in [0.4, 0.5) is 0 Å². The maximum absolute atomic E-state index is 11.4. The van der Waals surface area contributed by atoms with Crippen LogP contribution < -0.4 is 11.1 Å². The zero-order valence-electron chi connectivity index (χ0n) is 8.99. The lowest BCUT2D eigenvalue weighted by Crippen LogP contribution is -2.59. The summed E-state index contributed by atoms with van der Waals surface area (Å²) in [6.45, 7) is 3.91. The quantitative estimate of drug-likeness (QED) is 0.568. The van der Waals surface area contributed by atoms with Gasteiger partial charge in [0, 0.05) is 32.7 Å². The summed E-state index contributed by atoms with van der Waals surface area (Å²) in [7, 11) is 4.06. The number of rotatable bonds is 4. The molecule has 1 amide bonds. The van der Waals surface area contributed by atoms with Crippen molar-refractivity contribution in [3.63, 3.8) is 0 Å². The highest BCUT2D eigenvalue weighted by atomic mass is 16.2. The predicted octanol–water partition coefficient (Wildman–Crippen LogP) is -1.69. The monoisotopic (exact) mass is 200 g/mol. The molecule has 5 nitrogen and oxygen atoms in total. The van der Waals surface area contributed by atoms with Crippen molar-refractivity contribution in [3.05, 3.63) is 0 Å². The van der Waals surface area contributed by atoms with Gasteiger partial charge in [0.05, 0.1) is 0 Å². The third kappa shape index (κ3) is 2.94. The normalized spacial score (nSPS) is 24.0. The molecule has 0 aromatic heterocycles. The van der Waals surface area contributed by atoms with Gasteiger partial charge in [-0.05, 0) is 14.1 Å². The van der Waals surface area contributed by atoms with Gasteiger partial charge in [-0.1, -0.05) is 0 Å². The number of nitrogens with one attached hydrogen (secondary N) is 1. The topological polar surface area (TPSA) is 61.6 Å². The van der Waals surface area contributed by atoms with Crippen LogP contribution in [-0.2, 0) is 4.79 Å². The second kappa shape index (κ2) is 5.29. The van der Waals surface area contributed by atoms with Crippen LogP contribution >= 0.6 is 0 Å². The fourth-order valence-corrected chi connectivity index (χ4v) is 1.61. The highest BCUT2D eigenvalue weighted by Crippen LogP contribution is 2.02. The van der Waals surface area contributed by atoms with Gasteiger partial charge < -0.3 is 16.0 Å². The first kappa shape index (κ1) is 11.4. The molecule has 0 aromatic rings. The molecule has 0 spiro atoms. The SMILES string of the molecule is CN(C)CCN1CCNC(=O)C1CN. The number of nitrogens with two attached hydrogens (primary N) is 1. The van der Waals surface area contributed by atoms with Gasteiger partial charge in [0.2, 0.25) is 5.91 Å². The third-order valence-electron chi connectivity index (χ3n) is 2.50. The molecule has 14 heavy (non-hydrogen) atoms. The van der Waals surface area contributed by atoms with Gasteiger partial charge in [0.1, 0.15) is 6.04 Å². The molecule has 1 aliphatic heterocycles. The Hall–Kier alpha value is -0.650. The molecule has 0 bridgehead atoms. The number of nitrogens with zero attached hydrogens (tertiary/aromatic N) is 2. The fourth-order valence-electron chi connectivity index (χ4n) is 1.61. The van der Waals surface area contributed by atoms with Crippen LogP contribution in [0.3, 0.4) is 0 Å². The van der Waals surface area contributed by atoms with Gasteiger partial charge in [0.25, 0.3) is 0 Å².